The van der Waals surface area contributed by atoms with Crippen LogP contribution in [0.2, 0.25) is 0 Å². The average molecular weight is 246 g/mol. The van der Waals surface area contributed by atoms with Crippen LogP contribution in [0.4, 0.5) is 5.95 Å². The number of nitrogens with zero attached hydrogens (tertiary/aromatic N) is 3. The van der Waals surface area contributed by atoms with E-state index in [1.54, 1.807) is 0 Å². The minimum absolute atomic E-state index is 0.639. The lowest BCUT2D eigenvalue weighted by Crippen LogP contribution is -2.30. The first kappa shape index (κ1) is 11.9. The van der Waals surface area contributed by atoms with Crippen molar-refractivity contribution in [2.45, 2.75) is 57.7 Å². The van der Waals surface area contributed by atoms with E-state index in [1.807, 2.05) is 12.4 Å². The third-order valence-electron chi connectivity index (χ3n) is 3.97. The Balaban J connectivity index is 1.62. The molecule has 1 unspecified atom stereocenters. The third-order valence-corrected chi connectivity index (χ3v) is 3.97. The zero-order valence-corrected chi connectivity index (χ0v) is 11.1. The normalized spacial score (nSPS) is 23.6. The van der Waals surface area contributed by atoms with E-state index in [4.69, 9.17) is 0 Å². The molecule has 0 radical (unpaired) electrons. The number of hydrogen-bond acceptors (Lipinski definition) is 4. The minimum atomic E-state index is 0.639. The number of anilines is 1. The second kappa shape index (κ2) is 5.22. The summed E-state index contributed by atoms with van der Waals surface area (Å²) in [6.07, 6.45) is 10.3. The molecular weight excluding hydrogens is 224 g/mol. The molecule has 1 saturated heterocycles. The van der Waals surface area contributed by atoms with Crippen LogP contribution in [0, 0.1) is 0 Å². The zero-order valence-electron chi connectivity index (χ0n) is 11.1. The summed E-state index contributed by atoms with van der Waals surface area (Å²) in [4.78, 5) is 11.4. The molecule has 18 heavy (non-hydrogen) atoms. The van der Waals surface area contributed by atoms with Crippen molar-refractivity contribution in [1.82, 2.24) is 15.3 Å². The first-order valence-electron chi connectivity index (χ1n) is 7.17. The van der Waals surface area contributed by atoms with Gasteiger partial charge in [-0.2, -0.15) is 0 Å². The van der Waals surface area contributed by atoms with Crippen molar-refractivity contribution in [3.8, 4) is 0 Å². The van der Waals surface area contributed by atoms with Gasteiger partial charge in [0.1, 0.15) is 0 Å². The van der Waals surface area contributed by atoms with Crippen molar-refractivity contribution in [2.75, 3.05) is 11.4 Å². The van der Waals surface area contributed by atoms with E-state index in [0.717, 1.165) is 25.1 Å². The van der Waals surface area contributed by atoms with Crippen LogP contribution in [-0.4, -0.2) is 28.6 Å². The number of hydrogen-bond donors (Lipinski definition) is 1. The van der Waals surface area contributed by atoms with E-state index >= 15 is 0 Å². The summed E-state index contributed by atoms with van der Waals surface area (Å²) in [5.74, 6) is 0.912. The van der Waals surface area contributed by atoms with Crippen molar-refractivity contribution in [3.05, 3.63) is 18.0 Å². The molecule has 1 aliphatic heterocycles. The SMILES string of the molecule is CCC1CCCN1c1ncc(CNC2CC2)cn1. The van der Waals surface area contributed by atoms with Gasteiger partial charge in [0.2, 0.25) is 5.95 Å². The number of nitrogens with one attached hydrogen (secondary N) is 1. The lowest BCUT2D eigenvalue weighted by Gasteiger charge is -2.23. The predicted octanol–water partition coefficient (Wildman–Crippen LogP) is 2.11. The molecule has 4 nitrogen and oxygen atoms in total. The van der Waals surface area contributed by atoms with Crippen molar-refractivity contribution >= 4 is 5.95 Å². The van der Waals surface area contributed by atoms with Gasteiger partial charge in [-0.05, 0) is 32.1 Å². The molecule has 0 bridgehead atoms. The van der Waals surface area contributed by atoms with Crippen molar-refractivity contribution in [2.24, 2.45) is 0 Å². The van der Waals surface area contributed by atoms with Crippen molar-refractivity contribution in [3.63, 3.8) is 0 Å². The Labute approximate surface area is 109 Å². The molecule has 1 N–H and O–H groups in total. The van der Waals surface area contributed by atoms with Gasteiger partial charge < -0.3 is 10.2 Å². The molecular formula is C14H22N4. The fourth-order valence-electron chi connectivity index (χ4n) is 2.66. The van der Waals surface area contributed by atoms with E-state index in [0.29, 0.717) is 6.04 Å². The highest BCUT2D eigenvalue weighted by Gasteiger charge is 2.25. The van der Waals surface area contributed by atoms with Gasteiger partial charge >= 0.3 is 0 Å². The van der Waals surface area contributed by atoms with Crippen molar-refractivity contribution < 1.29 is 0 Å². The molecule has 0 spiro atoms. The first-order chi connectivity index (χ1) is 8.86. The molecule has 3 rings (SSSR count). The molecule has 98 valence electrons. The van der Waals surface area contributed by atoms with Crippen LogP contribution in [0.5, 0.6) is 0 Å². The predicted molar refractivity (Wildman–Crippen MR) is 72.6 cm³/mol. The summed E-state index contributed by atoms with van der Waals surface area (Å²) < 4.78 is 0. The van der Waals surface area contributed by atoms with Gasteiger partial charge in [-0.3, -0.25) is 0 Å². The fourth-order valence-corrected chi connectivity index (χ4v) is 2.66. The summed E-state index contributed by atoms with van der Waals surface area (Å²) in [5.41, 5.74) is 1.19. The largest absolute Gasteiger partial charge is 0.338 e. The lowest BCUT2D eigenvalue weighted by molar-refractivity contribution is 0.632. The van der Waals surface area contributed by atoms with Gasteiger partial charge in [0, 0.05) is 43.1 Å². The Morgan fingerprint density at radius 1 is 1.28 bits per heavy atom. The van der Waals surface area contributed by atoms with Crippen LogP contribution < -0.4 is 10.2 Å². The molecule has 0 aromatic carbocycles. The molecule has 2 fully saturated rings. The minimum Gasteiger partial charge on any atom is -0.338 e. The van der Waals surface area contributed by atoms with Crippen LogP contribution in [0.3, 0.4) is 0 Å². The molecule has 4 heteroatoms. The maximum Gasteiger partial charge on any atom is 0.225 e. The third kappa shape index (κ3) is 2.64. The van der Waals surface area contributed by atoms with Gasteiger partial charge in [0.25, 0.3) is 0 Å². The van der Waals surface area contributed by atoms with Crippen LogP contribution in [0.25, 0.3) is 0 Å². The van der Waals surface area contributed by atoms with Gasteiger partial charge in [0.05, 0.1) is 0 Å². The Bertz CT molecular complexity index is 385. The summed E-state index contributed by atoms with van der Waals surface area (Å²) in [6.45, 7) is 4.26. The highest BCUT2D eigenvalue weighted by Crippen LogP contribution is 2.24. The summed E-state index contributed by atoms with van der Waals surface area (Å²) >= 11 is 0. The molecule has 2 aliphatic rings. The highest BCUT2D eigenvalue weighted by atomic mass is 15.3. The zero-order chi connectivity index (χ0) is 12.4. The van der Waals surface area contributed by atoms with Crippen LogP contribution in [0.15, 0.2) is 12.4 Å². The summed E-state index contributed by atoms with van der Waals surface area (Å²) in [7, 11) is 0. The van der Waals surface area contributed by atoms with Gasteiger partial charge in [-0.1, -0.05) is 6.92 Å². The van der Waals surface area contributed by atoms with Crippen LogP contribution in [0.1, 0.15) is 44.6 Å². The smallest absolute Gasteiger partial charge is 0.225 e. The first-order valence-corrected chi connectivity index (χ1v) is 7.17. The van der Waals surface area contributed by atoms with Gasteiger partial charge in [-0.15, -0.1) is 0 Å². The van der Waals surface area contributed by atoms with Gasteiger partial charge in [0.15, 0.2) is 0 Å². The van der Waals surface area contributed by atoms with Crippen LogP contribution >= 0.6 is 0 Å². The van der Waals surface area contributed by atoms with Crippen molar-refractivity contribution in [1.29, 1.82) is 0 Å². The summed E-state index contributed by atoms with van der Waals surface area (Å²) in [6, 6.07) is 1.38. The average Bonchev–Trinajstić information content (AvgIpc) is 3.12. The second-order valence-corrected chi connectivity index (χ2v) is 5.44. The maximum absolute atomic E-state index is 4.53. The molecule has 0 amide bonds. The van der Waals surface area contributed by atoms with E-state index in [2.05, 4.69) is 27.1 Å². The van der Waals surface area contributed by atoms with E-state index < -0.39 is 0 Å². The summed E-state index contributed by atoms with van der Waals surface area (Å²) in [5, 5.41) is 3.49. The second-order valence-electron chi connectivity index (χ2n) is 5.44. The number of rotatable bonds is 5. The Morgan fingerprint density at radius 2 is 2.06 bits per heavy atom. The Morgan fingerprint density at radius 3 is 2.72 bits per heavy atom. The quantitative estimate of drug-likeness (QED) is 0.864. The maximum atomic E-state index is 4.53. The van der Waals surface area contributed by atoms with E-state index in [-0.39, 0.29) is 0 Å². The van der Waals surface area contributed by atoms with Gasteiger partial charge in [-0.25, -0.2) is 9.97 Å². The highest BCUT2D eigenvalue weighted by molar-refractivity contribution is 5.33. The molecule has 2 heterocycles. The number of aromatic nitrogens is 2. The Kier molecular flexibility index (Phi) is 3.46. The molecule has 1 atom stereocenters. The molecule has 1 aromatic heterocycles. The fraction of sp³-hybridized carbons (Fsp3) is 0.714. The monoisotopic (exact) mass is 246 g/mol. The molecule has 1 aliphatic carbocycles. The van der Waals surface area contributed by atoms with E-state index in [9.17, 15) is 0 Å². The topological polar surface area (TPSA) is 41.1 Å². The standard InChI is InChI=1S/C14H22N4/c1-2-13-4-3-7-18(13)14-16-9-11(10-17-14)8-15-12-5-6-12/h9-10,12-13,15H,2-8H2,1H3. The lowest BCUT2D eigenvalue weighted by atomic mass is 10.2. The van der Waals surface area contributed by atoms with E-state index in [1.165, 1.54) is 37.7 Å². The molecule has 1 saturated carbocycles. The Hall–Kier alpha value is -1.16. The molecule has 1 aromatic rings. The van der Waals surface area contributed by atoms with Crippen LogP contribution in [-0.2, 0) is 6.54 Å².